The Labute approximate surface area is 76.4 Å². The molecule has 1 heterocycles. The highest BCUT2D eigenvalue weighted by Gasteiger charge is 2.45. The molecule has 0 saturated carbocycles. The van der Waals surface area contributed by atoms with Gasteiger partial charge in [-0.3, -0.25) is 5.32 Å². The van der Waals surface area contributed by atoms with Crippen LogP contribution in [0, 0.1) is 0 Å². The number of nitrogens with one attached hydrogen (secondary N) is 1. The zero-order valence-corrected chi connectivity index (χ0v) is 7.16. The van der Waals surface area contributed by atoms with E-state index in [0.29, 0.717) is 6.42 Å². The minimum absolute atomic E-state index is 0.673. The summed E-state index contributed by atoms with van der Waals surface area (Å²) in [5, 5.41) is 12.0. The van der Waals surface area contributed by atoms with Gasteiger partial charge in [0.25, 0.3) is 0 Å². The van der Waals surface area contributed by atoms with Crippen molar-refractivity contribution in [2.24, 2.45) is 0 Å². The Morgan fingerprint density at radius 3 is 2.38 bits per heavy atom. The van der Waals surface area contributed by atoms with Crippen molar-refractivity contribution in [3.8, 4) is 0 Å². The number of hydrogen-bond acceptors (Lipinski definition) is 2. The van der Waals surface area contributed by atoms with Crippen LogP contribution in [0.5, 0.6) is 0 Å². The first kappa shape index (κ1) is 8.26. The maximum absolute atomic E-state index is 11.0. The summed E-state index contributed by atoms with van der Waals surface area (Å²) in [5.41, 5.74) is 0.0232. The average Bonchev–Trinajstić information content (AvgIpc) is 2.03. The monoisotopic (exact) mass is 177 g/mol. The summed E-state index contributed by atoms with van der Waals surface area (Å²) in [6.45, 7) is 0.779. The van der Waals surface area contributed by atoms with E-state index in [1.807, 2.05) is 30.3 Å². The van der Waals surface area contributed by atoms with Crippen molar-refractivity contribution in [2.75, 3.05) is 6.54 Å². The molecule has 1 fully saturated rings. The van der Waals surface area contributed by atoms with E-state index >= 15 is 0 Å². The second-order valence-electron chi connectivity index (χ2n) is 3.25. The number of carboxylic acid groups (broad SMARTS) is 1. The highest BCUT2D eigenvalue weighted by Crippen LogP contribution is 2.31. The number of rotatable bonds is 2. The van der Waals surface area contributed by atoms with E-state index in [9.17, 15) is 4.79 Å². The minimum Gasteiger partial charge on any atom is -0.480 e. The van der Waals surface area contributed by atoms with Gasteiger partial charge in [-0.15, -0.1) is 0 Å². The molecule has 0 bridgehead atoms. The Hall–Kier alpha value is -1.35. The molecule has 1 aliphatic rings. The first-order valence-electron chi connectivity index (χ1n) is 4.30. The topological polar surface area (TPSA) is 49.3 Å². The van der Waals surface area contributed by atoms with E-state index in [4.69, 9.17) is 5.11 Å². The van der Waals surface area contributed by atoms with E-state index in [2.05, 4.69) is 5.32 Å². The molecule has 2 N–H and O–H groups in total. The lowest BCUT2D eigenvalue weighted by atomic mass is 9.81. The molecule has 2 rings (SSSR count). The molecule has 0 aliphatic carbocycles. The van der Waals surface area contributed by atoms with Gasteiger partial charge in [-0.25, -0.2) is 4.79 Å². The molecule has 1 aliphatic heterocycles. The number of hydrogen-bond donors (Lipinski definition) is 2. The van der Waals surface area contributed by atoms with Gasteiger partial charge in [-0.05, 0) is 18.5 Å². The van der Waals surface area contributed by atoms with Crippen molar-refractivity contribution in [1.29, 1.82) is 0 Å². The van der Waals surface area contributed by atoms with E-state index in [1.165, 1.54) is 0 Å². The van der Waals surface area contributed by atoms with Crippen LogP contribution in [0.1, 0.15) is 12.0 Å². The molecule has 3 heteroatoms. The van der Waals surface area contributed by atoms with Crippen molar-refractivity contribution in [3.05, 3.63) is 35.9 Å². The minimum atomic E-state index is -0.818. The molecule has 1 aromatic rings. The molecule has 68 valence electrons. The van der Waals surface area contributed by atoms with Crippen LogP contribution in [-0.2, 0) is 10.3 Å². The summed E-state index contributed by atoms with van der Waals surface area (Å²) in [5.74, 6) is -0.787. The molecule has 13 heavy (non-hydrogen) atoms. The Morgan fingerprint density at radius 2 is 2.00 bits per heavy atom. The molecule has 0 amide bonds. The van der Waals surface area contributed by atoms with Crippen molar-refractivity contribution < 1.29 is 9.90 Å². The summed E-state index contributed by atoms with van der Waals surface area (Å²) >= 11 is 0. The molecule has 3 nitrogen and oxygen atoms in total. The fraction of sp³-hybridized carbons (Fsp3) is 0.300. The van der Waals surface area contributed by atoms with Gasteiger partial charge >= 0.3 is 5.97 Å². The highest BCUT2D eigenvalue weighted by atomic mass is 16.4. The van der Waals surface area contributed by atoms with E-state index in [-0.39, 0.29) is 0 Å². The van der Waals surface area contributed by atoms with Gasteiger partial charge in [0.2, 0.25) is 0 Å². The summed E-state index contributed by atoms with van der Waals surface area (Å²) in [6, 6.07) is 9.30. The number of carboxylic acids is 1. The third-order valence-electron chi connectivity index (χ3n) is 2.56. The third kappa shape index (κ3) is 1.12. The third-order valence-corrected chi connectivity index (χ3v) is 2.56. The lowest BCUT2D eigenvalue weighted by molar-refractivity contribution is -0.148. The average molecular weight is 177 g/mol. The Morgan fingerprint density at radius 1 is 1.38 bits per heavy atom. The second-order valence-corrected chi connectivity index (χ2v) is 3.25. The van der Waals surface area contributed by atoms with Crippen LogP contribution >= 0.6 is 0 Å². The van der Waals surface area contributed by atoms with Crippen molar-refractivity contribution in [2.45, 2.75) is 12.0 Å². The van der Waals surface area contributed by atoms with E-state index in [1.54, 1.807) is 0 Å². The molecular formula is C10H11NO2. The van der Waals surface area contributed by atoms with Gasteiger partial charge in [-0.2, -0.15) is 0 Å². The first-order valence-corrected chi connectivity index (χ1v) is 4.30. The zero-order chi connectivity index (χ0) is 9.31. The molecule has 1 aromatic carbocycles. The van der Waals surface area contributed by atoms with Crippen LogP contribution in [-0.4, -0.2) is 17.6 Å². The van der Waals surface area contributed by atoms with Gasteiger partial charge in [0.05, 0.1) is 0 Å². The molecule has 1 unspecified atom stereocenters. The van der Waals surface area contributed by atoms with E-state index < -0.39 is 11.5 Å². The quantitative estimate of drug-likeness (QED) is 0.707. The standard InChI is InChI=1S/C10H11NO2/c12-9(13)10(6-7-11-10)8-4-2-1-3-5-8/h1-5,11H,6-7H2,(H,12,13). The first-order chi connectivity index (χ1) is 6.26. The Kier molecular flexibility index (Phi) is 1.81. The van der Waals surface area contributed by atoms with Crippen molar-refractivity contribution in [3.63, 3.8) is 0 Å². The fourth-order valence-electron chi connectivity index (χ4n) is 1.65. The maximum Gasteiger partial charge on any atom is 0.328 e. The molecule has 1 atom stereocenters. The molecule has 1 saturated heterocycles. The predicted octanol–water partition coefficient (Wildman–Crippen LogP) is 0.960. The SMILES string of the molecule is O=C(O)C1(c2ccccc2)CCN1. The summed E-state index contributed by atoms with van der Waals surface area (Å²) in [7, 11) is 0. The number of aliphatic carboxylic acids is 1. The van der Waals surface area contributed by atoms with Gasteiger partial charge in [0.1, 0.15) is 5.54 Å². The normalized spacial score (nSPS) is 26.5. The number of carbonyl (C=O) groups is 1. The fourth-order valence-corrected chi connectivity index (χ4v) is 1.65. The summed E-state index contributed by atoms with van der Waals surface area (Å²) < 4.78 is 0. The van der Waals surface area contributed by atoms with Crippen LogP contribution in [0.3, 0.4) is 0 Å². The Balaban J connectivity index is 2.38. The Bertz CT molecular complexity index is 317. The van der Waals surface area contributed by atoms with Gasteiger partial charge in [0.15, 0.2) is 0 Å². The van der Waals surface area contributed by atoms with E-state index in [0.717, 1.165) is 12.1 Å². The molecule has 0 aromatic heterocycles. The van der Waals surface area contributed by atoms with Gasteiger partial charge in [0, 0.05) is 0 Å². The zero-order valence-electron chi connectivity index (χ0n) is 7.16. The van der Waals surface area contributed by atoms with Crippen LogP contribution in [0.25, 0.3) is 0 Å². The van der Waals surface area contributed by atoms with Crippen LogP contribution in [0.4, 0.5) is 0 Å². The van der Waals surface area contributed by atoms with Crippen molar-refractivity contribution >= 4 is 5.97 Å². The largest absolute Gasteiger partial charge is 0.480 e. The smallest absolute Gasteiger partial charge is 0.328 e. The van der Waals surface area contributed by atoms with Crippen LogP contribution < -0.4 is 5.32 Å². The lowest BCUT2D eigenvalue weighted by Crippen LogP contribution is -2.59. The maximum atomic E-state index is 11.0. The lowest BCUT2D eigenvalue weighted by Gasteiger charge is -2.39. The van der Waals surface area contributed by atoms with Crippen LogP contribution in [0.15, 0.2) is 30.3 Å². The molecule has 0 radical (unpaired) electrons. The summed E-state index contributed by atoms with van der Waals surface area (Å²) in [6.07, 6.45) is 0.673. The van der Waals surface area contributed by atoms with Gasteiger partial charge < -0.3 is 5.11 Å². The van der Waals surface area contributed by atoms with Crippen LogP contribution in [0.2, 0.25) is 0 Å². The summed E-state index contributed by atoms with van der Waals surface area (Å²) in [4.78, 5) is 11.0. The van der Waals surface area contributed by atoms with Crippen molar-refractivity contribution in [1.82, 2.24) is 5.32 Å². The number of benzene rings is 1. The predicted molar refractivity (Wildman–Crippen MR) is 48.4 cm³/mol. The highest BCUT2D eigenvalue weighted by molar-refractivity contribution is 5.82. The second kappa shape index (κ2) is 2.85. The molecular weight excluding hydrogens is 166 g/mol. The van der Waals surface area contributed by atoms with Gasteiger partial charge in [-0.1, -0.05) is 30.3 Å². The molecule has 0 spiro atoms.